The van der Waals surface area contributed by atoms with Crippen molar-refractivity contribution in [2.45, 2.75) is 33.2 Å². The molecule has 1 N–H and O–H groups in total. The summed E-state index contributed by atoms with van der Waals surface area (Å²) in [5.74, 6) is 0.257. The normalized spacial score (nSPS) is 12.1. The molecule has 3 aromatic rings. The first kappa shape index (κ1) is 20.5. The monoisotopic (exact) mass is 409 g/mol. The third-order valence-electron chi connectivity index (χ3n) is 4.37. The second-order valence-electron chi connectivity index (χ2n) is 6.49. The van der Waals surface area contributed by atoms with E-state index >= 15 is 0 Å². The molecule has 2 aromatic heterocycles. The van der Waals surface area contributed by atoms with Gasteiger partial charge in [0, 0.05) is 24.4 Å². The molecule has 7 nitrogen and oxygen atoms in total. The molecule has 0 aliphatic rings. The van der Waals surface area contributed by atoms with Crippen LogP contribution in [0.4, 0.5) is 16.6 Å². The van der Waals surface area contributed by atoms with E-state index in [0.717, 1.165) is 12.1 Å². The highest BCUT2D eigenvalue weighted by Gasteiger charge is 2.17. The van der Waals surface area contributed by atoms with E-state index in [9.17, 15) is 9.59 Å². The van der Waals surface area contributed by atoms with Gasteiger partial charge in [-0.05, 0) is 31.6 Å². The molecule has 0 aliphatic carbocycles. The Hall–Kier alpha value is -3.26. The van der Waals surface area contributed by atoms with Crippen LogP contribution in [0.25, 0.3) is 6.08 Å². The maximum Gasteiger partial charge on any atom is 0.249 e. The van der Waals surface area contributed by atoms with Crippen molar-refractivity contribution < 1.29 is 9.59 Å². The standard InChI is InChI=1S/C21H23N5O2S/c1-4-15(2)26-19(12-13-22-26)24-20(28)11-10-17-14-29-21(23-17)25(16(3)27)18-8-6-5-7-9-18/h5-15H,4H2,1-3H3,(H,24,28)/b11-10+. The van der Waals surface area contributed by atoms with Crippen LogP contribution in [0.15, 0.2) is 54.1 Å². The number of amides is 2. The molecule has 0 spiro atoms. The Morgan fingerprint density at radius 2 is 2.03 bits per heavy atom. The predicted molar refractivity (Wildman–Crippen MR) is 116 cm³/mol. The fraction of sp³-hybridized carbons (Fsp3) is 0.238. The molecule has 0 saturated heterocycles. The highest BCUT2D eigenvalue weighted by molar-refractivity contribution is 7.14. The van der Waals surface area contributed by atoms with Crippen LogP contribution in [0.5, 0.6) is 0 Å². The Kier molecular flexibility index (Phi) is 6.56. The van der Waals surface area contributed by atoms with E-state index in [4.69, 9.17) is 0 Å². The van der Waals surface area contributed by atoms with Crippen molar-refractivity contribution in [1.29, 1.82) is 0 Å². The molecule has 150 valence electrons. The van der Waals surface area contributed by atoms with Gasteiger partial charge in [0.1, 0.15) is 5.82 Å². The van der Waals surface area contributed by atoms with Gasteiger partial charge in [0.05, 0.1) is 23.6 Å². The quantitative estimate of drug-likeness (QED) is 0.576. The highest BCUT2D eigenvalue weighted by Crippen LogP contribution is 2.29. The van der Waals surface area contributed by atoms with Crippen molar-refractivity contribution >= 4 is 45.9 Å². The number of anilines is 3. The van der Waals surface area contributed by atoms with E-state index < -0.39 is 0 Å². The Morgan fingerprint density at radius 3 is 2.72 bits per heavy atom. The van der Waals surface area contributed by atoms with E-state index in [1.165, 1.54) is 24.3 Å². The molecular weight excluding hydrogens is 386 g/mol. The van der Waals surface area contributed by atoms with Gasteiger partial charge < -0.3 is 5.32 Å². The average Bonchev–Trinajstić information content (AvgIpc) is 3.36. The van der Waals surface area contributed by atoms with Gasteiger partial charge in [-0.15, -0.1) is 11.3 Å². The van der Waals surface area contributed by atoms with Crippen LogP contribution in [0, 0.1) is 0 Å². The maximum atomic E-state index is 12.3. The van der Waals surface area contributed by atoms with Gasteiger partial charge in [-0.3, -0.25) is 14.5 Å². The van der Waals surface area contributed by atoms with Crippen LogP contribution < -0.4 is 10.2 Å². The van der Waals surface area contributed by atoms with Gasteiger partial charge in [0.2, 0.25) is 11.8 Å². The third kappa shape index (κ3) is 4.97. The summed E-state index contributed by atoms with van der Waals surface area (Å²) in [4.78, 5) is 30.4. The molecular formula is C21H23N5O2S. The first-order valence-electron chi connectivity index (χ1n) is 9.33. The number of hydrogen-bond acceptors (Lipinski definition) is 5. The molecule has 1 aromatic carbocycles. The summed E-state index contributed by atoms with van der Waals surface area (Å²) in [5, 5.41) is 9.45. The summed E-state index contributed by atoms with van der Waals surface area (Å²) < 4.78 is 1.79. The smallest absolute Gasteiger partial charge is 0.249 e. The predicted octanol–water partition coefficient (Wildman–Crippen LogP) is 4.65. The van der Waals surface area contributed by atoms with E-state index in [1.54, 1.807) is 33.3 Å². The lowest BCUT2D eigenvalue weighted by atomic mass is 10.3. The SMILES string of the molecule is CCC(C)n1nccc1NC(=O)/C=C/c1csc(N(C(C)=O)c2ccccc2)n1. The lowest BCUT2D eigenvalue weighted by molar-refractivity contribution is -0.116. The van der Waals surface area contributed by atoms with E-state index in [0.29, 0.717) is 16.6 Å². The Balaban J connectivity index is 1.71. The number of rotatable bonds is 7. The minimum Gasteiger partial charge on any atom is -0.307 e. The third-order valence-corrected chi connectivity index (χ3v) is 5.21. The Bertz CT molecular complexity index is 1010. The number of benzene rings is 1. The van der Waals surface area contributed by atoms with Crippen LogP contribution in [0.3, 0.4) is 0 Å². The molecule has 1 unspecified atom stereocenters. The fourth-order valence-electron chi connectivity index (χ4n) is 2.73. The number of para-hydroxylation sites is 1. The van der Waals surface area contributed by atoms with Crippen molar-refractivity contribution in [2.75, 3.05) is 10.2 Å². The number of thiazole rings is 1. The summed E-state index contributed by atoms with van der Waals surface area (Å²) in [6, 6.07) is 11.3. The summed E-state index contributed by atoms with van der Waals surface area (Å²) >= 11 is 1.34. The first-order chi connectivity index (χ1) is 14.0. The van der Waals surface area contributed by atoms with Crippen LogP contribution in [-0.2, 0) is 9.59 Å². The molecule has 2 amide bonds. The van der Waals surface area contributed by atoms with Gasteiger partial charge in [-0.2, -0.15) is 5.10 Å². The second kappa shape index (κ2) is 9.29. The summed E-state index contributed by atoms with van der Waals surface area (Å²) in [6.45, 7) is 5.61. The van der Waals surface area contributed by atoms with Crippen LogP contribution >= 0.6 is 11.3 Å². The molecule has 0 aliphatic heterocycles. The molecule has 0 bridgehead atoms. The maximum absolute atomic E-state index is 12.3. The van der Waals surface area contributed by atoms with Gasteiger partial charge in [0.25, 0.3) is 0 Å². The summed E-state index contributed by atoms with van der Waals surface area (Å²) in [6.07, 6.45) is 5.63. The van der Waals surface area contributed by atoms with E-state index in [2.05, 4.69) is 22.3 Å². The number of aromatic nitrogens is 3. The van der Waals surface area contributed by atoms with Crippen molar-refractivity contribution in [1.82, 2.24) is 14.8 Å². The van der Waals surface area contributed by atoms with Gasteiger partial charge in [-0.1, -0.05) is 25.1 Å². The topological polar surface area (TPSA) is 80.1 Å². The zero-order chi connectivity index (χ0) is 20.8. The van der Waals surface area contributed by atoms with Gasteiger partial charge in [0.15, 0.2) is 5.13 Å². The largest absolute Gasteiger partial charge is 0.307 e. The molecule has 2 heterocycles. The van der Waals surface area contributed by atoms with Crippen molar-refractivity contribution in [3.63, 3.8) is 0 Å². The van der Waals surface area contributed by atoms with Crippen molar-refractivity contribution in [3.8, 4) is 0 Å². The molecule has 0 saturated carbocycles. The zero-order valence-corrected chi connectivity index (χ0v) is 17.4. The number of nitrogens with zero attached hydrogens (tertiary/aromatic N) is 4. The van der Waals surface area contributed by atoms with Crippen LogP contribution in [0.1, 0.15) is 38.9 Å². The van der Waals surface area contributed by atoms with E-state index in [-0.39, 0.29) is 17.9 Å². The number of carbonyl (C=O) groups excluding carboxylic acids is 2. The Morgan fingerprint density at radius 1 is 1.28 bits per heavy atom. The lowest BCUT2D eigenvalue weighted by Crippen LogP contribution is -2.22. The minimum atomic E-state index is -0.268. The van der Waals surface area contributed by atoms with Crippen LogP contribution in [-0.4, -0.2) is 26.6 Å². The van der Waals surface area contributed by atoms with Gasteiger partial charge >= 0.3 is 0 Å². The molecule has 3 rings (SSSR count). The van der Waals surface area contributed by atoms with Crippen molar-refractivity contribution in [3.05, 3.63) is 59.7 Å². The zero-order valence-electron chi connectivity index (χ0n) is 16.6. The average molecular weight is 410 g/mol. The lowest BCUT2D eigenvalue weighted by Gasteiger charge is -2.17. The van der Waals surface area contributed by atoms with E-state index in [1.807, 2.05) is 37.3 Å². The highest BCUT2D eigenvalue weighted by atomic mass is 32.1. The minimum absolute atomic E-state index is 0.128. The second-order valence-corrected chi connectivity index (χ2v) is 7.32. The summed E-state index contributed by atoms with van der Waals surface area (Å²) in [5.41, 5.74) is 1.36. The number of hydrogen-bond donors (Lipinski definition) is 1. The Labute approximate surface area is 173 Å². The first-order valence-corrected chi connectivity index (χ1v) is 10.2. The van der Waals surface area contributed by atoms with Gasteiger partial charge in [-0.25, -0.2) is 9.67 Å². The molecule has 0 fully saturated rings. The number of carbonyl (C=O) groups is 2. The van der Waals surface area contributed by atoms with Crippen molar-refractivity contribution in [2.24, 2.45) is 0 Å². The fourth-order valence-corrected chi connectivity index (χ4v) is 3.58. The molecule has 1 atom stereocenters. The van der Waals surface area contributed by atoms with Crippen LogP contribution in [0.2, 0.25) is 0 Å². The molecule has 8 heteroatoms. The molecule has 29 heavy (non-hydrogen) atoms. The summed E-state index contributed by atoms with van der Waals surface area (Å²) in [7, 11) is 0. The number of nitrogens with one attached hydrogen (secondary N) is 1. The molecule has 0 radical (unpaired) electrons.